The van der Waals surface area contributed by atoms with Crippen LogP contribution in [0.2, 0.25) is 0 Å². The molecule has 1 rings (SSSR count). The molecule has 0 atom stereocenters. The summed E-state index contributed by atoms with van der Waals surface area (Å²) in [5.41, 5.74) is 1.84. The number of hydrogen-bond donors (Lipinski definition) is 1. The smallest absolute Gasteiger partial charge is 0.376 e. The summed E-state index contributed by atoms with van der Waals surface area (Å²) < 4.78 is 0. The second-order valence-electron chi connectivity index (χ2n) is 3.49. The molecule has 0 aliphatic rings. The van der Waals surface area contributed by atoms with Gasteiger partial charge in [-0.3, -0.25) is 4.79 Å². The number of carbonyl (C=O) groups excluding carboxylic acids is 1. The summed E-state index contributed by atoms with van der Waals surface area (Å²) in [4.78, 5) is 23.0. The van der Waals surface area contributed by atoms with Gasteiger partial charge in [0.25, 0.3) is 5.78 Å². The van der Waals surface area contributed by atoms with Crippen molar-refractivity contribution in [3.8, 4) is 0 Å². The number of hydrogen-bond acceptors (Lipinski definition) is 3. The molecule has 0 radical (unpaired) electrons. The van der Waals surface area contributed by atoms with Gasteiger partial charge < -0.3 is 10.0 Å². The zero-order valence-electron chi connectivity index (χ0n) is 9.18. The molecular weight excluding hydrogens is 206 g/mol. The van der Waals surface area contributed by atoms with Crippen molar-refractivity contribution in [2.75, 3.05) is 19.0 Å². The van der Waals surface area contributed by atoms with Gasteiger partial charge in [0.15, 0.2) is 0 Å². The molecule has 0 unspecified atom stereocenters. The van der Waals surface area contributed by atoms with Crippen LogP contribution in [0.4, 0.5) is 5.69 Å². The highest BCUT2D eigenvalue weighted by atomic mass is 16.4. The molecule has 0 heterocycles. The van der Waals surface area contributed by atoms with Crippen LogP contribution in [0.25, 0.3) is 6.08 Å². The minimum absolute atomic E-state index is 0.792. The number of carboxylic acid groups (broad SMARTS) is 1. The third kappa shape index (κ3) is 3.24. The highest BCUT2D eigenvalue weighted by Crippen LogP contribution is 2.12. The quantitative estimate of drug-likeness (QED) is 0.614. The first-order valence-electron chi connectivity index (χ1n) is 4.73. The van der Waals surface area contributed by atoms with Crippen molar-refractivity contribution in [2.45, 2.75) is 0 Å². The van der Waals surface area contributed by atoms with Crippen molar-refractivity contribution >= 4 is 23.5 Å². The third-order valence-electron chi connectivity index (χ3n) is 2.05. The minimum atomic E-state index is -1.44. The van der Waals surface area contributed by atoms with Gasteiger partial charge in [0.05, 0.1) is 0 Å². The van der Waals surface area contributed by atoms with Crippen molar-refractivity contribution in [1.29, 1.82) is 0 Å². The summed E-state index contributed by atoms with van der Waals surface area (Å²) in [6, 6.07) is 7.43. The van der Waals surface area contributed by atoms with Crippen LogP contribution < -0.4 is 4.90 Å². The van der Waals surface area contributed by atoms with Gasteiger partial charge >= 0.3 is 5.97 Å². The van der Waals surface area contributed by atoms with Gasteiger partial charge in [-0.2, -0.15) is 0 Å². The molecule has 1 N–H and O–H groups in total. The Kier molecular flexibility index (Phi) is 3.83. The van der Waals surface area contributed by atoms with Gasteiger partial charge in [-0.15, -0.1) is 0 Å². The van der Waals surface area contributed by atoms with E-state index in [2.05, 4.69) is 0 Å². The predicted molar refractivity (Wildman–Crippen MR) is 62.4 cm³/mol. The Labute approximate surface area is 93.8 Å². The lowest BCUT2D eigenvalue weighted by Gasteiger charge is -2.11. The fourth-order valence-corrected chi connectivity index (χ4v) is 1.13. The molecule has 0 fully saturated rings. The minimum Gasteiger partial charge on any atom is -0.475 e. The van der Waals surface area contributed by atoms with Gasteiger partial charge in [-0.1, -0.05) is 18.2 Å². The molecule has 4 heteroatoms. The second-order valence-corrected chi connectivity index (χ2v) is 3.49. The lowest BCUT2D eigenvalue weighted by Crippen LogP contribution is -2.08. The maximum Gasteiger partial charge on any atom is 0.376 e. The van der Waals surface area contributed by atoms with Crippen molar-refractivity contribution in [2.24, 2.45) is 0 Å². The van der Waals surface area contributed by atoms with E-state index in [1.807, 2.05) is 43.3 Å². The molecule has 0 aliphatic carbocycles. The van der Waals surface area contributed by atoms with E-state index >= 15 is 0 Å². The van der Waals surface area contributed by atoms with Crippen molar-refractivity contribution in [3.63, 3.8) is 0 Å². The fraction of sp³-hybridized carbons (Fsp3) is 0.167. The topological polar surface area (TPSA) is 57.6 Å². The van der Waals surface area contributed by atoms with E-state index in [4.69, 9.17) is 5.11 Å². The summed E-state index contributed by atoms with van der Waals surface area (Å²) in [6.07, 6.45) is 2.53. The van der Waals surface area contributed by atoms with Crippen LogP contribution >= 0.6 is 0 Å². The largest absolute Gasteiger partial charge is 0.475 e. The second kappa shape index (κ2) is 5.11. The number of carbonyl (C=O) groups is 2. The molecule has 84 valence electrons. The number of anilines is 1. The molecule has 16 heavy (non-hydrogen) atoms. The van der Waals surface area contributed by atoms with E-state index in [0.29, 0.717) is 0 Å². The van der Waals surface area contributed by atoms with Gasteiger partial charge in [-0.25, -0.2) is 4.79 Å². The van der Waals surface area contributed by atoms with Crippen LogP contribution in [0.3, 0.4) is 0 Å². The Morgan fingerprint density at radius 2 is 1.75 bits per heavy atom. The Bertz CT molecular complexity index is 418. The van der Waals surface area contributed by atoms with E-state index in [-0.39, 0.29) is 0 Å². The molecule has 1 aromatic carbocycles. The first kappa shape index (κ1) is 12.0. The number of ketones is 1. The maximum atomic E-state index is 10.8. The number of aliphatic carboxylic acids is 1. The van der Waals surface area contributed by atoms with Crippen LogP contribution in [0.15, 0.2) is 30.3 Å². The molecule has 4 nitrogen and oxygen atoms in total. The maximum absolute atomic E-state index is 10.8. The zero-order valence-corrected chi connectivity index (χ0v) is 9.18. The van der Waals surface area contributed by atoms with E-state index in [1.54, 1.807) is 0 Å². The monoisotopic (exact) mass is 219 g/mol. The fourth-order valence-electron chi connectivity index (χ4n) is 1.13. The van der Waals surface area contributed by atoms with Crippen LogP contribution in [0, 0.1) is 0 Å². The first-order chi connectivity index (χ1) is 7.50. The Balaban J connectivity index is 2.76. The summed E-state index contributed by atoms with van der Waals surface area (Å²) in [6.45, 7) is 0. The number of nitrogens with zero attached hydrogens (tertiary/aromatic N) is 1. The van der Waals surface area contributed by atoms with Crippen LogP contribution in [-0.4, -0.2) is 31.0 Å². The van der Waals surface area contributed by atoms with Crippen LogP contribution in [0.1, 0.15) is 5.56 Å². The number of benzene rings is 1. The Morgan fingerprint density at radius 3 is 2.19 bits per heavy atom. The average molecular weight is 219 g/mol. The SMILES string of the molecule is CN(C)c1ccc(/C=C/C(=O)C(=O)O)cc1. The van der Waals surface area contributed by atoms with Crippen LogP contribution in [-0.2, 0) is 9.59 Å². The molecular formula is C12H13NO3. The predicted octanol–water partition coefficient (Wildman–Crippen LogP) is 1.42. The molecule has 0 amide bonds. The molecule has 0 saturated carbocycles. The van der Waals surface area contributed by atoms with Gasteiger partial charge in [0, 0.05) is 19.8 Å². The van der Waals surface area contributed by atoms with E-state index in [0.717, 1.165) is 17.3 Å². The summed E-state index contributed by atoms with van der Waals surface area (Å²) in [5, 5.41) is 8.37. The Morgan fingerprint density at radius 1 is 1.19 bits per heavy atom. The lowest BCUT2D eigenvalue weighted by atomic mass is 10.1. The lowest BCUT2D eigenvalue weighted by molar-refractivity contribution is -0.146. The van der Waals surface area contributed by atoms with Crippen molar-refractivity contribution < 1.29 is 14.7 Å². The Hall–Kier alpha value is -2.10. The van der Waals surface area contributed by atoms with Gasteiger partial charge in [0.1, 0.15) is 0 Å². The zero-order chi connectivity index (χ0) is 12.1. The average Bonchev–Trinajstić information content (AvgIpc) is 2.26. The summed E-state index contributed by atoms with van der Waals surface area (Å²) in [7, 11) is 3.86. The number of carboxylic acids is 1. The normalized spacial score (nSPS) is 10.4. The highest BCUT2D eigenvalue weighted by molar-refractivity contribution is 6.38. The molecule has 0 bridgehead atoms. The standard InChI is InChI=1S/C12H13NO3/c1-13(2)10-6-3-9(4-7-10)5-8-11(14)12(15)16/h3-8H,1-2H3,(H,15,16)/b8-5+. The molecule has 0 spiro atoms. The summed E-state index contributed by atoms with van der Waals surface area (Å²) >= 11 is 0. The molecule has 0 saturated heterocycles. The number of rotatable bonds is 4. The van der Waals surface area contributed by atoms with Crippen LogP contribution in [0.5, 0.6) is 0 Å². The van der Waals surface area contributed by atoms with Crippen molar-refractivity contribution in [1.82, 2.24) is 0 Å². The van der Waals surface area contributed by atoms with Crippen molar-refractivity contribution in [3.05, 3.63) is 35.9 Å². The molecule has 1 aromatic rings. The van der Waals surface area contributed by atoms with E-state index in [1.165, 1.54) is 6.08 Å². The third-order valence-corrected chi connectivity index (χ3v) is 2.05. The molecule has 0 aliphatic heterocycles. The highest BCUT2D eigenvalue weighted by Gasteiger charge is 2.05. The molecule has 0 aromatic heterocycles. The van der Waals surface area contributed by atoms with E-state index in [9.17, 15) is 9.59 Å². The van der Waals surface area contributed by atoms with E-state index < -0.39 is 11.8 Å². The summed E-state index contributed by atoms with van der Waals surface area (Å²) in [5.74, 6) is -2.36. The first-order valence-corrected chi connectivity index (χ1v) is 4.73. The van der Waals surface area contributed by atoms with Gasteiger partial charge in [0.2, 0.25) is 0 Å². The van der Waals surface area contributed by atoms with Gasteiger partial charge in [-0.05, 0) is 23.8 Å².